The zero-order valence-electron chi connectivity index (χ0n) is 11.2. The summed E-state index contributed by atoms with van der Waals surface area (Å²) in [5.41, 5.74) is 0.792. The predicted molar refractivity (Wildman–Crippen MR) is 85.2 cm³/mol. The maximum Gasteiger partial charge on any atom is 0.135 e. The fourth-order valence-corrected chi connectivity index (χ4v) is 2.22. The van der Waals surface area contributed by atoms with Gasteiger partial charge in [-0.25, -0.2) is 9.97 Å². The van der Waals surface area contributed by atoms with Gasteiger partial charge >= 0.3 is 0 Å². The Bertz CT molecular complexity index is 555. The average Bonchev–Trinajstić information content (AvgIpc) is 2.38. The zero-order valence-corrected chi connectivity index (χ0v) is 12.7. The molecular formula is C14H16Cl2N4. The lowest BCUT2D eigenvalue weighted by Gasteiger charge is -2.09. The van der Waals surface area contributed by atoms with E-state index in [0.717, 1.165) is 30.9 Å². The van der Waals surface area contributed by atoms with Gasteiger partial charge in [0.25, 0.3) is 0 Å². The van der Waals surface area contributed by atoms with Crippen LogP contribution in [0.3, 0.4) is 0 Å². The quantitative estimate of drug-likeness (QED) is 0.757. The largest absolute Gasteiger partial charge is 0.370 e. The minimum absolute atomic E-state index is 0.579. The van der Waals surface area contributed by atoms with Gasteiger partial charge in [0.1, 0.15) is 18.0 Å². The molecule has 6 heteroatoms. The lowest BCUT2D eigenvalue weighted by atomic mass is 10.3. The van der Waals surface area contributed by atoms with Crippen LogP contribution < -0.4 is 10.6 Å². The first kappa shape index (κ1) is 14.9. The normalized spacial score (nSPS) is 10.3. The maximum atomic E-state index is 5.96. The molecule has 0 fully saturated rings. The molecule has 1 heterocycles. The van der Waals surface area contributed by atoms with Crippen LogP contribution in [0.1, 0.15) is 19.8 Å². The Kier molecular flexibility index (Phi) is 5.44. The van der Waals surface area contributed by atoms with E-state index in [9.17, 15) is 0 Å². The molecule has 0 aliphatic heterocycles. The topological polar surface area (TPSA) is 49.8 Å². The van der Waals surface area contributed by atoms with Crippen molar-refractivity contribution >= 4 is 40.5 Å². The Morgan fingerprint density at radius 3 is 2.40 bits per heavy atom. The average molecular weight is 311 g/mol. The van der Waals surface area contributed by atoms with Gasteiger partial charge in [0.2, 0.25) is 0 Å². The molecule has 0 unspecified atom stereocenters. The molecule has 1 aromatic carbocycles. The summed E-state index contributed by atoms with van der Waals surface area (Å²) in [5, 5.41) is 7.57. The first-order valence-corrected chi connectivity index (χ1v) is 7.22. The number of benzene rings is 1. The molecule has 1 aromatic heterocycles. The van der Waals surface area contributed by atoms with Crippen LogP contribution >= 0.6 is 23.2 Å². The Hall–Kier alpha value is -1.52. The molecule has 20 heavy (non-hydrogen) atoms. The van der Waals surface area contributed by atoms with Crippen LogP contribution in [0.15, 0.2) is 30.6 Å². The number of hydrogen-bond donors (Lipinski definition) is 2. The van der Waals surface area contributed by atoms with Crippen molar-refractivity contribution in [2.24, 2.45) is 0 Å². The minimum atomic E-state index is 0.579. The monoisotopic (exact) mass is 310 g/mol. The highest BCUT2D eigenvalue weighted by molar-refractivity contribution is 6.35. The molecular weight excluding hydrogens is 295 g/mol. The van der Waals surface area contributed by atoms with Crippen molar-refractivity contribution in [2.75, 3.05) is 17.2 Å². The standard InChI is InChI=1S/C14H16Cl2N4/c1-2-3-4-17-13-8-14(19-9-18-13)20-12-6-10(15)5-11(16)7-12/h5-9H,2-4H2,1H3,(H2,17,18,19,20). The number of nitrogens with zero attached hydrogens (tertiary/aromatic N) is 2. The van der Waals surface area contributed by atoms with Crippen molar-refractivity contribution in [3.05, 3.63) is 40.6 Å². The van der Waals surface area contributed by atoms with Gasteiger partial charge in [0, 0.05) is 28.3 Å². The third kappa shape index (κ3) is 4.54. The molecule has 0 bridgehead atoms. The van der Waals surface area contributed by atoms with Gasteiger partial charge in [-0.1, -0.05) is 36.5 Å². The first-order chi connectivity index (χ1) is 9.67. The van der Waals surface area contributed by atoms with E-state index in [0.29, 0.717) is 15.9 Å². The van der Waals surface area contributed by atoms with E-state index in [-0.39, 0.29) is 0 Å². The Morgan fingerprint density at radius 1 is 1.00 bits per heavy atom. The van der Waals surface area contributed by atoms with Crippen LogP contribution in [0, 0.1) is 0 Å². The van der Waals surface area contributed by atoms with Crippen molar-refractivity contribution in [3.63, 3.8) is 0 Å². The Morgan fingerprint density at radius 2 is 1.70 bits per heavy atom. The van der Waals surface area contributed by atoms with Gasteiger partial charge in [0.05, 0.1) is 0 Å². The molecule has 0 saturated heterocycles. The first-order valence-electron chi connectivity index (χ1n) is 6.46. The summed E-state index contributed by atoms with van der Waals surface area (Å²) < 4.78 is 0. The summed E-state index contributed by atoms with van der Waals surface area (Å²) in [6.07, 6.45) is 3.77. The predicted octanol–water partition coefficient (Wildman–Crippen LogP) is 4.74. The fourth-order valence-electron chi connectivity index (χ4n) is 1.69. The Labute approximate surface area is 128 Å². The fraction of sp³-hybridized carbons (Fsp3) is 0.286. The molecule has 0 radical (unpaired) electrons. The molecule has 0 saturated carbocycles. The number of rotatable bonds is 6. The van der Waals surface area contributed by atoms with Crippen molar-refractivity contribution in [2.45, 2.75) is 19.8 Å². The number of hydrogen-bond acceptors (Lipinski definition) is 4. The number of anilines is 3. The number of nitrogens with one attached hydrogen (secondary N) is 2. The summed E-state index contributed by atoms with van der Waals surface area (Å²) in [4.78, 5) is 8.35. The van der Waals surface area contributed by atoms with E-state index in [2.05, 4.69) is 27.5 Å². The van der Waals surface area contributed by atoms with Crippen LogP contribution in [0.5, 0.6) is 0 Å². The summed E-state index contributed by atoms with van der Waals surface area (Å²) in [7, 11) is 0. The highest BCUT2D eigenvalue weighted by Gasteiger charge is 2.02. The van der Waals surface area contributed by atoms with Gasteiger partial charge in [-0.05, 0) is 24.6 Å². The lowest BCUT2D eigenvalue weighted by Crippen LogP contribution is -2.04. The van der Waals surface area contributed by atoms with E-state index in [1.807, 2.05) is 6.07 Å². The molecule has 4 nitrogen and oxygen atoms in total. The third-order valence-electron chi connectivity index (χ3n) is 2.64. The van der Waals surface area contributed by atoms with E-state index in [1.165, 1.54) is 6.33 Å². The second-order valence-electron chi connectivity index (χ2n) is 4.35. The van der Waals surface area contributed by atoms with Crippen LogP contribution in [0.4, 0.5) is 17.3 Å². The highest BCUT2D eigenvalue weighted by Crippen LogP contribution is 2.24. The van der Waals surface area contributed by atoms with Crippen LogP contribution in [-0.4, -0.2) is 16.5 Å². The van der Waals surface area contributed by atoms with E-state index < -0.39 is 0 Å². The van der Waals surface area contributed by atoms with Crippen LogP contribution in [-0.2, 0) is 0 Å². The maximum absolute atomic E-state index is 5.96. The lowest BCUT2D eigenvalue weighted by molar-refractivity contribution is 0.830. The smallest absolute Gasteiger partial charge is 0.135 e. The van der Waals surface area contributed by atoms with Crippen molar-refractivity contribution < 1.29 is 0 Å². The summed E-state index contributed by atoms with van der Waals surface area (Å²) in [6, 6.07) is 7.12. The molecule has 0 atom stereocenters. The van der Waals surface area contributed by atoms with Gasteiger partial charge in [-0.2, -0.15) is 0 Å². The van der Waals surface area contributed by atoms with E-state index in [4.69, 9.17) is 23.2 Å². The van der Waals surface area contributed by atoms with Gasteiger partial charge in [0.15, 0.2) is 0 Å². The molecule has 2 N–H and O–H groups in total. The summed E-state index contributed by atoms with van der Waals surface area (Å²) in [6.45, 7) is 3.05. The number of halogens is 2. The number of unbranched alkanes of at least 4 members (excludes halogenated alkanes) is 1. The molecule has 0 aliphatic rings. The SMILES string of the molecule is CCCCNc1cc(Nc2cc(Cl)cc(Cl)c2)ncn1. The third-order valence-corrected chi connectivity index (χ3v) is 3.07. The van der Waals surface area contributed by atoms with Gasteiger partial charge < -0.3 is 10.6 Å². The summed E-state index contributed by atoms with van der Waals surface area (Å²) >= 11 is 11.9. The molecule has 0 spiro atoms. The molecule has 0 aliphatic carbocycles. The second-order valence-corrected chi connectivity index (χ2v) is 5.22. The van der Waals surface area contributed by atoms with Gasteiger partial charge in [-0.15, -0.1) is 0 Å². The highest BCUT2D eigenvalue weighted by atomic mass is 35.5. The van der Waals surface area contributed by atoms with E-state index >= 15 is 0 Å². The van der Waals surface area contributed by atoms with Crippen molar-refractivity contribution in [1.29, 1.82) is 0 Å². The molecule has 2 aromatic rings. The van der Waals surface area contributed by atoms with Crippen molar-refractivity contribution in [1.82, 2.24) is 9.97 Å². The summed E-state index contributed by atoms with van der Waals surface area (Å²) in [5.74, 6) is 1.49. The van der Waals surface area contributed by atoms with Gasteiger partial charge in [-0.3, -0.25) is 0 Å². The van der Waals surface area contributed by atoms with E-state index in [1.54, 1.807) is 18.2 Å². The Balaban J connectivity index is 2.07. The molecule has 2 rings (SSSR count). The zero-order chi connectivity index (χ0) is 14.4. The second kappa shape index (κ2) is 7.31. The molecule has 106 valence electrons. The van der Waals surface area contributed by atoms with Crippen LogP contribution in [0.25, 0.3) is 0 Å². The minimum Gasteiger partial charge on any atom is -0.370 e. The van der Waals surface area contributed by atoms with Crippen LogP contribution in [0.2, 0.25) is 10.0 Å². The number of aromatic nitrogens is 2. The molecule has 0 amide bonds. The van der Waals surface area contributed by atoms with Crippen molar-refractivity contribution in [3.8, 4) is 0 Å².